The van der Waals surface area contributed by atoms with Gasteiger partial charge in [-0.3, -0.25) is 4.99 Å². The molecule has 1 aromatic heterocycles. The van der Waals surface area contributed by atoms with Crippen molar-refractivity contribution in [3.8, 4) is 5.75 Å². The summed E-state index contributed by atoms with van der Waals surface area (Å²) in [6.45, 7) is 3.88. The Bertz CT molecular complexity index is 836. The Morgan fingerprint density at radius 3 is 2.67 bits per heavy atom. The third kappa shape index (κ3) is 6.53. The molecule has 2 rings (SSSR count). The van der Waals surface area contributed by atoms with E-state index in [1.54, 1.807) is 24.6 Å². The number of rotatable bonds is 9. The Morgan fingerprint density at radius 2 is 2.00 bits per heavy atom. The monoisotopic (exact) mass is 410 g/mol. The summed E-state index contributed by atoms with van der Waals surface area (Å²) in [6.07, 6.45) is 0. The van der Waals surface area contributed by atoms with E-state index in [0.29, 0.717) is 29.9 Å². The van der Waals surface area contributed by atoms with E-state index in [-0.39, 0.29) is 6.54 Å². The zero-order valence-corrected chi connectivity index (χ0v) is 17.4. The highest BCUT2D eigenvalue weighted by atomic mass is 32.2. The minimum absolute atomic E-state index is 0.271. The van der Waals surface area contributed by atoms with Crippen molar-refractivity contribution in [2.75, 3.05) is 40.3 Å². The maximum atomic E-state index is 12.1. The van der Waals surface area contributed by atoms with Crippen LogP contribution in [-0.4, -0.2) is 59.6 Å². The molecule has 27 heavy (non-hydrogen) atoms. The summed E-state index contributed by atoms with van der Waals surface area (Å²) in [5.41, 5.74) is 1.10. The average molecular weight is 411 g/mol. The Labute approximate surface area is 165 Å². The number of sulfonamides is 1. The van der Waals surface area contributed by atoms with Gasteiger partial charge >= 0.3 is 0 Å². The lowest BCUT2D eigenvalue weighted by molar-refractivity contribution is 0.280. The summed E-state index contributed by atoms with van der Waals surface area (Å²) in [7, 11) is 0.165. The molecule has 2 N–H and O–H groups in total. The fourth-order valence-electron chi connectivity index (χ4n) is 2.35. The third-order valence-corrected chi connectivity index (χ3v) is 6.67. The quantitative estimate of drug-likeness (QED) is 0.375. The summed E-state index contributed by atoms with van der Waals surface area (Å²) in [4.78, 5) is 6.15. The maximum Gasteiger partial charge on any atom is 0.250 e. The molecular formula is C18H26N4O3S2. The van der Waals surface area contributed by atoms with Gasteiger partial charge in [-0.25, -0.2) is 13.1 Å². The summed E-state index contributed by atoms with van der Waals surface area (Å²) in [5, 5.41) is 4.88. The van der Waals surface area contributed by atoms with Crippen LogP contribution in [0.4, 0.5) is 0 Å². The number of aliphatic imine (C=N–C) groups is 1. The molecule has 0 atom stereocenters. The van der Waals surface area contributed by atoms with E-state index in [2.05, 4.69) is 15.0 Å². The second kappa shape index (κ2) is 10.3. The highest BCUT2D eigenvalue weighted by Crippen LogP contribution is 2.16. The van der Waals surface area contributed by atoms with Gasteiger partial charge in [0.25, 0.3) is 0 Å². The molecule has 0 spiro atoms. The molecule has 0 aliphatic rings. The second-order valence-corrected chi connectivity index (χ2v) is 8.78. The van der Waals surface area contributed by atoms with Crippen LogP contribution in [-0.2, 0) is 10.0 Å². The number of likely N-dealkylation sites (N-methyl/N-ethyl adjacent to an activating group) is 1. The summed E-state index contributed by atoms with van der Waals surface area (Å²) in [5.74, 6) is 1.55. The molecule has 0 aliphatic carbocycles. The number of guanidine groups is 1. The minimum atomic E-state index is -3.44. The number of nitrogens with zero attached hydrogens (tertiary/aromatic N) is 2. The van der Waals surface area contributed by atoms with E-state index < -0.39 is 10.0 Å². The first-order valence-corrected chi connectivity index (χ1v) is 10.9. The van der Waals surface area contributed by atoms with Crippen LogP contribution >= 0.6 is 11.3 Å². The molecule has 0 amide bonds. The predicted molar refractivity (Wildman–Crippen MR) is 110 cm³/mol. The first-order chi connectivity index (χ1) is 12.9. The fourth-order valence-corrected chi connectivity index (χ4v) is 4.42. The second-order valence-electron chi connectivity index (χ2n) is 5.84. The number of ether oxygens (including phenoxy) is 1. The molecule has 0 fully saturated rings. The van der Waals surface area contributed by atoms with Crippen molar-refractivity contribution in [2.45, 2.75) is 11.1 Å². The normalized spacial score (nSPS) is 12.0. The number of hydrogen-bond donors (Lipinski definition) is 2. The maximum absolute atomic E-state index is 12.1. The van der Waals surface area contributed by atoms with E-state index in [1.807, 2.05) is 43.1 Å². The molecule has 0 saturated heterocycles. The molecular weight excluding hydrogens is 384 g/mol. The van der Waals surface area contributed by atoms with Crippen LogP contribution in [0.15, 0.2) is 51.0 Å². The van der Waals surface area contributed by atoms with Gasteiger partial charge < -0.3 is 15.0 Å². The molecule has 1 aromatic carbocycles. The Balaban J connectivity index is 1.72. The minimum Gasteiger partial charge on any atom is -0.491 e. The van der Waals surface area contributed by atoms with Crippen LogP contribution in [0.2, 0.25) is 0 Å². The zero-order chi connectivity index (χ0) is 19.7. The first kappa shape index (κ1) is 21.2. The fraction of sp³-hybridized carbons (Fsp3) is 0.389. The van der Waals surface area contributed by atoms with Crippen molar-refractivity contribution in [3.63, 3.8) is 0 Å². The highest BCUT2D eigenvalue weighted by molar-refractivity contribution is 7.91. The Kier molecular flexibility index (Phi) is 8.08. The van der Waals surface area contributed by atoms with Crippen LogP contribution in [0, 0.1) is 6.92 Å². The van der Waals surface area contributed by atoms with Crippen LogP contribution in [0.5, 0.6) is 5.75 Å². The predicted octanol–water partition coefficient (Wildman–Crippen LogP) is 1.92. The number of nitrogens with one attached hydrogen (secondary N) is 2. The summed E-state index contributed by atoms with van der Waals surface area (Å²) >= 11 is 1.20. The molecule has 9 heteroatoms. The molecule has 1 heterocycles. The molecule has 2 aromatic rings. The lowest BCUT2D eigenvalue weighted by Gasteiger charge is -2.22. The highest BCUT2D eigenvalue weighted by Gasteiger charge is 2.14. The van der Waals surface area contributed by atoms with Gasteiger partial charge in [0.15, 0.2) is 5.96 Å². The standard InChI is InChI=1S/C18H26N4O3S2/c1-15-7-4-5-8-16(15)25-13-12-22(3)18(19-2)20-10-11-21-27(23,24)17-9-6-14-26-17/h4-9,14,21H,10-13H2,1-3H3,(H,19,20). The zero-order valence-electron chi connectivity index (χ0n) is 15.8. The van der Waals surface area contributed by atoms with Crippen molar-refractivity contribution >= 4 is 27.3 Å². The van der Waals surface area contributed by atoms with Crippen molar-refractivity contribution in [1.82, 2.24) is 14.9 Å². The molecule has 0 bridgehead atoms. The average Bonchev–Trinajstić information content (AvgIpc) is 3.19. The SMILES string of the molecule is CN=C(NCCNS(=O)(=O)c1cccs1)N(C)CCOc1ccccc1C. The van der Waals surface area contributed by atoms with Gasteiger partial charge in [0.2, 0.25) is 10.0 Å². The van der Waals surface area contributed by atoms with Gasteiger partial charge in [0.05, 0.1) is 6.54 Å². The summed E-state index contributed by atoms with van der Waals surface area (Å²) < 4.78 is 32.8. The van der Waals surface area contributed by atoms with Crippen molar-refractivity contribution in [2.24, 2.45) is 4.99 Å². The summed E-state index contributed by atoms with van der Waals surface area (Å²) in [6, 6.07) is 11.2. The molecule has 0 saturated carbocycles. The smallest absolute Gasteiger partial charge is 0.250 e. The Morgan fingerprint density at radius 1 is 1.22 bits per heavy atom. The van der Waals surface area contributed by atoms with E-state index in [1.165, 1.54) is 11.3 Å². The van der Waals surface area contributed by atoms with Gasteiger partial charge in [-0.15, -0.1) is 11.3 Å². The lowest BCUT2D eigenvalue weighted by atomic mass is 10.2. The van der Waals surface area contributed by atoms with Crippen LogP contribution in [0.3, 0.4) is 0 Å². The Hall–Kier alpha value is -2.10. The number of hydrogen-bond acceptors (Lipinski definition) is 5. The van der Waals surface area contributed by atoms with Crippen LogP contribution in [0.1, 0.15) is 5.56 Å². The van der Waals surface area contributed by atoms with Gasteiger partial charge in [-0.05, 0) is 30.0 Å². The van der Waals surface area contributed by atoms with Gasteiger partial charge in [-0.2, -0.15) is 0 Å². The van der Waals surface area contributed by atoms with E-state index in [4.69, 9.17) is 4.74 Å². The van der Waals surface area contributed by atoms with Crippen LogP contribution in [0.25, 0.3) is 0 Å². The third-order valence-electron chi connectivity index (χ3n) is 3.81. The van der Waals surface area contributed by atoms with Gasteiger partial charge in [0, 0.05) is 27.2 Å². The molecule has 0 unspecified atom stereocenters. The number of benzene rings is 1. The van der Waals surface area contributed by atoms with Crippen molar-refractivity contribution in [3.05, 3.63) is 47.3 Å². The topological polar surface area (TPSA) is 83.0 Å². The molecule has 7 nitrogen and oxygen atoms in total. The molecule has 0 radical (unpaired) electrons. The van der Waals surface area contributed by atoms with Crippen molar-refractivity contribution in [1.29, 1.82) is 0 Å². The van der Waals surface area contributed by atoms with Crippen LogP contribution < -0.4 is 14.8 Å². The number of aryl methyl sites for hydroxylation is 1. The van der Waals surface area contributed by atoms with Gasteiger partial charge in [0.1, 0.15) is 16.6 Å². The van der Waals surface area contributed by atoms with Gasteiger partial charge in [-0.1, -0.05) is 24.3 Å². The number of para-hydroxylation sites is 1. The molecule has 0 aliphatic heterocycles. The largest absolute Gasteiger partial charge is 0.491 e. The van der Waals surface area contributed by atoms with E-state index in [9.17, 15) is 8.42 Å². The first-order valence-electron chi connectivity index (χ1n) is 8.57. The van der Waals surface area contributed by atoms with E-state index in [0.717, 1.165) is 11.3 Å². The molecule has 148 valence electrons. The van der Waals surface area contributed by atoms with E-state index >= 15 is 0 Å². The van der Waals surface area contributed by atoms with Crippen molar-refractivity contribution < 1.29 is 13.2 Å². The lowest BCUT2D eigenvalue weighted by Crippen LogP contribution is -2.43. The number of thiophene rings is 1.